The molecule has 25 heavy (non-hydrogen) atoms. The van der Waals surface area contributed by atoms with Gasteiger partial charge in [-0.05, 0) is 42.4 Å². The van der Waals surface area contributed by atoms with E-state index >= 15 is 0 Å². The SMILES string of the molecule is C=C(C)c1cc(CP(=O)(OC)C2CCCCC2)cc(C(C)(C)C)c1O. The van der Waals surface area contributed by atoms with Gasteiger partial charge in [0, 0.05) is 23.9 Å². The molecule has 0 aliphatic heterocycles. The summed E-state index contributed by atoms with van der Waals surface area (Å²) in [6, 6.07) is 3.93. The Bertz CT molecular complexity index is 679. The molecule has 140 valence electrons. The van der Waals surface area contributed by atoms with E-state index in [0.29, 0.717) is 6.16 Å². The summed E-state index contributed by atoms with van der Waals surface area (Å²) >= 11 is 0. The number of phenolic OH excluding ortho intramolecular Hbond substituents is 1. The zero-order valence-electron chi connectivity index (χ0n) is 16.4. The van der Waals surface area contributed by atoms with Crippen LogP contribution in [0.3, 0.4) is 0 Å². The number of rotatable bonds is 5. The van der Waals surface area contributed by atoms with Gasteiger partial charge >= 0.3 is 0 Å². The van der Waals surface area contributed by atoms with E-state index in [1.807, 2.05) is 19.1 Å². The molecule has 1 fully saturated rings. The average molecular weight is 364 g/mol. The van der Waals surface area contributed by atoms with Gasteiger partial charge in [0.25, 0.3) is 0 Å². The topological polar surface area (TPSA) is 46.5 Å². The Hall–Kier alpha value is -1.05. The van der Waals surface area contributed by atoms with Gasteiger partial charge < -0.3 is 9.63 Å². The molecule has 0 aromatic heterocycles. The Morgan fingerprint density at radius 3 is 2.36 bits per heavy atom. The fourth-order valence-corrected chi connectivity index (χ4v) is 6.28. The van der Waals surface area contributed by atoms with Gasteiger partial charge in [-0.2, -0.15) is 0 Å². The summed E-state index contributed by atoms with van der Waals surface area (Å²) in [5.74, 6) is 0.286. The second-order valence-electron chi connectivity index (χ2n) is 8.43. The lowest BCUT2D eigenvalue weighted by Gasteiger charge is -2.30. The maximum absolute atomic E-state index is 13.5. The molecule has 0 spiro atoms. The molecular formula is C21H33O3P. The summed E-state index contributed by atoms with van der Waals surface area (Å²) in [5.41, 5.74) is 3.35. The molecule has 1 N–H and O–H groups in total. The van der Waals surface area contributed by atoms with Crippen molar-refractivity contribution in [3.63, 3.8) is 0 Å². The zero-order chi connectivity index (χ0) is 18.8. The van der Waals surface area contributed by atoms with Crippen LogP contribution in [-0.4, -0.2) is 17.9 Å². The Balaban J connectivity index is 2.45. The van der Waals surface area contributed by atoms with Crippen LogP contribution in [0, 0.1) is 0 Å². The molecule has 1 aliphatic rings. The van der Waals surface area contributed by atoms with Gasteiger partial charge in [-0.25, -0.2) is 0 Å². The van der Waals surface area contributed by atoms with Crippen LogP contribution < -0.4 is 0 Å². The van der Waals surface area contributed by atoms with Crippen LogP contribution in [0.2, 0.25) is 0 Å². The van der Waals surface area contributed by atoms with Crippen molar-refractivity contribution in [1.29, 1.82) is 0 Å². The molecule has 1 unspecified atom stereocenters. The van der Waals surface area contributed by atoms with Crippen LogP contribution in [-0.2, 0) is 20.7 Å². The molecule has 4 heteroatoms. The van der Waals surface area contributed by atoms with E-state index in [9.17, 15) is 9.67 Å². The first-order valence-electron chi connectivity index (χ1n) is 9.25. The molecule has 3 nitrogen and oxygen atoms in total. The summed E-state index contributed by atoms with van der Waals surface area (Å²) < 4.78 is 19.1. The van der Waals surface area contributed by atoms with E-state index in [4.69, 9.17) is 4.52 Å². The third kappa shape index (κ3) is 4.57. The zero-order valence-corrected chi connectivity index (χ0v) is 17.3. The van der Waals surface area contributed by atoms with Gasteiger partial charge in [0.05, 0.1) is 6.16 Å². The Morgan fingerprint density at radius 1 is 1.28 bits per heavy atom. The first-order valence-corrected chi connectivity index (χ1v) is 11.1. The van der Waals surface area contributed by atoms with E-state index in [2.05, 4.69) is 27.4 Å². The van der Waals surface area contributed by atoms with Crippen LogP contribution in [0.4, 0.5) is 0 Å². The molecule has 0 heterocycles. The van der Waals surface area contributed by atoms with Crippen molar-refractivity contribution in [2.24, 2.45) is 0 Å². The lowest BCUT2D eigenvalue weighted by Crippen LogP contribution is -2.16. The molecule has 1 saturated carbocycles. The predicted octanol–water partition coefficient (Wildman–Crippen LogP) is 6.48. The fraction of sp³-hybridized carbons (Fsp3) is 0.619. The summed E-state index contributed by atoms with van der Waals surface area (Å²) in [4.78, 5) is 0. The monoisotopic (exact) mass is 364 g/mol. The Kier molecular flexibility index (Phi) is 6.22. The first kappa shape index (κ1) is 20.3. The molecule has 0 bridgehead atoms. The van der Waals surface area contributed by atoms with Gasteiger partial charge in [-0.1, -0.05) is 52.7 Å². The second kappa shape index (κ2) is 7.68. The predicted molar refractivity (Wildman–Crippen MR) is 107 cm³/mol. The maximum atomic E-state index is 13.5. The van der Waals surface area contributed by atoms with Crippen molar-refractivity contribution in [2.45, 2.75) is 77.0 Å². The number of aromatic hydroxyl groups is 1. The van der Waals surface area contributed by atoms with Crippen LogP contribution in [0.15, 0.2) is 18.7 Å². The minimum absolute atomic E-state index is 0.159. The third-order valence-corrected chi connectivity index (χ3v) is 8.33. The minimum Gasteiger partial charge on any atom is -0.507 e. The lowest BCUT2D eigenvalue weighted by atomic mass is 9.83. The number of phenols is 1. The molecule has 0 saturated heterocycles. The molecule has 1 aliphatic carbocycles. The highest BCUT2D eigenvalue weighted by Crippen LogP contribution is 2.58. The maximum Gasteiger partial charge on any atom is 0.210 e. The van der Waals surface area contributed by atoms with Crippen molar-refractivity contribution in [1.82, 2.24) is 0 Å². The molecule has 0 radical (unpaired) electrons. The van der Waals surface area contributed by atoms with Gasteiger partial charge in [0.2, 0.25) is 7.37 Å². The highest BCUT2D eigenvalue weighted by atomic mass is 31.2. The second-order valence-corrected chi connectivity index (χ2v) is 11.3. The van der Waals surface area contributed by atoms with E-state index in [0.717, 1.165) is 47.9 Å². The normalized spacial score (nSPS) is 18.8. The summed E-state index contributed by atoms with van der Waals surface area (Å²) in [5, 5.41) is 10.7. The number of hydrogen-bond donors (Lipinski definition) is 1. The van der Waals surface area contributed by atoms with E-state index in [-0.39, 0.29) is 16.8 Å². The van der Waals surface area contributed by atoms with Crippen LogP contribution >= 0.6 is 7.37 Å². The minimum atomic E-state index is -2.75. The van der Waals surface area contributed by atoms with E-state index < -0.39 is 7.37 Å². The highest BCUT2D eigenvalue weighted by molar-refractivity contribution is 7.58. The molecule has 1 aromatic carbocycles. The quantitative estimate of drug-likeness (QED) is 0.608. The molecule has 1 aromatic rings. The van der Waals surface area contributed by atoms with Crippen molar-refractivity contribution >= 4 is 12.9 Å². The van der Waals surface area contributed by atoms with Crippen molar-refractivity contribution < 1.29 is 14.2 Å². The fourth-order valence-electron chi connectivity index (χ4n) is 3.75. The molecule has 2 rings (SSSR count). The smallest absolute Gasteiger partial charge is 0.210 e. The van der Waals surface area contributed by atoms with Gasteiger partial charge in [-0.15, -0.1) is 0 Å². The summed E-state index contributed by atoms with van der Waals surface area (Å²) in [7, 11) is -1.16. The van der Waals surface area contributed by atoms with Crippen LogP contribution in [0.25, 0.3) is 5.57 Å². The molecular weight excluding hydrogens is 331 g/mol. The standard InChI is InChI=1S/C21H33O3P/c1-15(2)18-12-16(13-19(20(18)22)21(3,4)5)14-25(23,24-6)17-10-8-7-9-11-17/h12-13,17,22H,1,7-11,14H2,2-6H3. The van der Waals surface area contributed by atoms with Crippen molar-refractivity contribution in [2.75, 3.05) is 7.11 Å². The number of hydrogen-bond acceptors (Lipinski definition) is 3. The Morgan fingerprint density at radius 2 is 1.88 bits per heavy atom. The van der Waals surface area contributed by atoms with Crippen molar-refractivity contribution in [3.05, 3.63) is 35.4 Å². The van der Waals surface area contributed by atoms with E-state index in [1.165, 1.54) is 6.42 Å². The average Bonchev–Trinajstić information content (AvgIpc) is 2.55. The first-order chi connectivity index (χ1) is 11.6. The van der Waals surface area contributed by atoms with Crippen molar-refractivity contribution in [3.8, 4) is 5.75 Å². The third-order valence-electron chi connectivity index (χ3n) is 5.28. The Labute approximate surface area is 152 Å². The van der Waals surface area contributed by atoms with Gasteiger partial charge in [-0.3, -0.25) is 4.57 Å². The van der Waals surface area contributed by atoms with Gasteiger partial charge in [0.1, 0.15) is 5.75 Å². The number of benzene rings is 1. The molecule has 0 amide bonds. The lowest BCUT2D eigenvalue weighted by molar-refractivity contribution is 0.362. The summed E-state index contributed by atoms with van der Waals surface area (Å²) in [6.07, 6.45) is 5.91. The summed E-state index contributed by atoms with van der Waals surface area (Å²) in [6.45, 7) is 12.1. The largest absolute Gasteiger partial charge is 0.507 e. The van der Waals surface area contributed by atoms with E-state index in [1.54, 1.807) is 7.11 Å². The number of allylic oxidation sites excluding steroid dienone is 1. The molecule has 1 atom stereocenters. The van der Waals surface area contributed by atoms with Crippen LogP contribution in [0.5, 0.6) is 5.75 Å². The highest BCUT2D eigenvalue weighted by Gasteiger charge is 2.35. The van der Waals surface area contributed by atoms with Crippen LogP contribution in [0.1, 0.15) is 76.5 Å². The van der Waals surface area contributed by atoms with Gasteiger partial charge in [0.15, 0.2) is 0 Å².